The van der Waals surface area contributed by atoms with E-state index in [4.69, 9.17) is 9.47 Å². The largest absolute Gasteiger partial charge is 0.492 e. The number of rotatable bonds is 4. The highest BCUT2D eigenvalue weighted by atomic mass is 19.2. The number of methoxy groups -OCH3 is 2. The van der Waals surface area contributed by atoms with Gasteiger partial charge in [0, 0.05) is 5.56 Å². The fraction of sp³-hybridized carbons (Fsp3) is 0.500. The number of benzene rings is 1. The van der Waals surface area contributed by atoms with Crippen molar-refractivity contribution in [1.29, 1.82) is 0 Å². The van der Waals surface area contributed by atoms with E-state index in [2.05, 4.69) is 4.99 Å². The van der Waals surface area contributed by atoms with Gasteiger partial charge in [-0.25, -0.2) is 9.18 Å². The molecular formula is C14H15F2NO3. The topological polar surface area (TPSA) is 47.9 Å². The quantitative estimate of drug-likeness (QED) is 0.630. The van der Waals surface area contributed by atoms with Crippen LogP contribution in [0.4, 0.5) is 8.78 Å². The molecule has 0 spiro atoms. The molecule has 1 aliphatic carbocycles. The molecule has 0 aliphatic heterocycles. The van der Waals surface area contributed by atoms with Crippen LogP contribution < -0.4 is 9.47 Å². The fourth-order valence-electron chi connectivity index (χ4n) is 2.81. The molecule has 0 bridgehead atoms. The monoisotopic (exact) mass is 283 g/mol. The van der Waals surface area contributed by atoms with Gasteiger partial charge in [-0.15, -0.1) is 0 Å². The molecule has 6 heteroatoms. The Balaban J connectivity index is 2.72. The molecule has 0 radical (unpaired) electrons. The molecule has 0 heterocycles. The second kappa shape index (κ2) is 5.59. The van der Waals surface area contributed by atoms with E-state index in [9.17, 15) is 13.6 Å². The van der Waals surface area contributed by atoms with E-state index in [1.165, 1.54) is 20.3 Å². The Bertz CT molecular complexity index is 562. The second-order valence-corrected chi connectivity index (χ2v) is 4.73. The van der Waals surface area contributed by atoms with Crippen LogP contribution in [0.2, 0.25) is 0 Å². The van der Waals surface area contributed by atoms with Crippen LogP contribution >= 0.6 is 0 Å². The predicted molar refractivity (Wildman–Crippen MR) is 67.7 cm³/mol. The fourth-order valence-corrected chi connectivity index (χ4v) is 2.81. The zero-order valence-electron chi connectivity index (χ0n) is 11.3. The first-order valence-electron chi connectivity index (χ1n) is 6.29. The van der Waals surface area contributed by atoms with Crippen LogP contribution in [-0.4, -0.2) is 20.3 Å². The second-order valence-electron chi connectivity index (χ2n) is 4.73. The predicted octanol–water partition coefficient (Wildman–Crippen LogP) is 3.09. The minimum Gasteiger partial charge on any atom is -0.492 e. The molecule has 1 aromatic rings. The number of halogens is 2. The average molecular weight is 283 g/mol. The van der Waals surface area contributed by atoms with Gasteiger partial charge in [-0.3, -0.25) is 0 Å². The van der Waals surface area contributed by atoms with Crippen LogP contribution in [0.5, 0.6) is 11.5 Å². The van der Waals surface area contributed by atoms with E-state index >= 15 is 0 Å². The lowest BCUT2D eigenvalue weighted by molar-refractivity contribution is 0.314. The van der Waals surface area contributed by atoms with Crippen molar-refractivity contribution in [2.45, 2.75) is 31.2 Å². The number of carbonyl (C=O) groups excluding carboxylic acids is 1. The summed E-state index contributed by atoms with van der Waals surface area (Å²) < 4.78 is 37.6. The highest BCUT2D eigenvalue weighted by Gasteiger charge is 2.40. The van der Waals surface area contributed by atoms with Gasteiger partial charge in [0.15, 0.2) is 17.3 Å². The van der Waals surface area contributed by atoms with Gasteiger partial charge in [0.25, 0.3) is 0 Å². The summed E-state index contributed by atoms with van der Waals surface area (Å²) in [4.78, 5) is 14.6. The molecule has 2 rings (SSSR count). The van der Waals surface area contributed by atoms with Gasteiger partial charge in [0.1, 0.15) is 5.54 Å². The van der Waals surface area contributed by atoms with Crippen molar-refractivity contribution in [3.63, 3.8) is 0 Å². The van der Waals surface area contributed by atoms with E-state index in [1.807, 2.05) is 0 Å². The Hall–Kier alpha value is -1.94. The lowest BCUT2D eigenvalue weighted by Crippen LogP contribution is -2.21. The van der Waals surface area contributed by atoms with Crippen LogP contribution in [0.1, 0.15) is 31.2 Å². The van der Waals surface area contributed by atoms with Crippen molar-refractivity contribution >= 4 is 6.08 Å². The number of nitrogens with zero attached hydrogens (tertiary/aromatic N) is 1. The first-order valence-corrected chi connectivity index (χ1v) is 6.29. The number of isocyanates is 1. The zero-order valence-corrected chi connectivity index (χ0v) is 11.3. The van der Waals surface area contributed by atoms with Gasteiger partial charge >= 0.3 is 0 Å². The van der Waals surface area contributed by atoms with Gasteiger partial charge in [-0.1, -0.05) is 12.8 Å². The molecule has 1 fully saturated rings. The summed E-state index contributed by atoms with van der Waals surface area (Å²) in [5.74, 6) is -2.40. The molecule has 0 unspecified atom stereocenters. The smallest absolute Gasteiger partial charge is 0.235 e. The van der Waals surface area contributed by atoms with Crippen molar-refractivity contribution in [3.8, 4) is 11.5 Å². The number of aliphatic imine (C=N–C) groups is 1. The third kappa shape index (κ3) is 2.16. The summed E-state index contributed by atoms with van der Waals surface area (Å²) in [5.41, 5.74) is -0.578. The Morgan fingerprint density at radius 3 is 2.30 bits per heavy atom. The standard InChI is InChI=1S/C14H15F2NO3/c1-19-12-9(7-10(15)11(16)13(12)20-2)14(17-8-18)5-3-4-6-14/h7H,3-6H2,1-2H3. The molecule has 0 saturated heterocycles. The molecule has 0 aromatic heterocycles. The third-order valence-corrected chi connectivity index (χ3v) is 3.73. The van der Waals surface area contributed by atoms with Crippen molar-refractivity contribution in [2.75, 3.05) is 14.2 Å². The molecule has 0 N–H and O–H groups in total. The van der Waals surface area contributed by atoms with Crippen LogP contribution in [-0.2, 0) is 10.3 Å². The SMILES string of the molecule is COc1c(C2(N=C=O)CCCC2)cc(F)c(F)c1OC. The summed E-state index contributed by atoms with van der Waals surface area (Å²) in [5, 5.41) is 0. The maximum atomic E-state index is 13.8. The first-order chi connectivity index (χ1) is 9.59. The van der Waals surface area contributed by atoms with Crippen LogP contribution in [0.25, 0.3) is 0 Å². The molecule has 0 atom stereocenters. The van der Waals surface area contributed by atoms with E-state index in [0.717, 1.165) is 18.9 Å². The van der Waals surface area contributed by atoms with E-state index in [1.54, 1.807) is 0 Å². The van der Waals surface area contributed by atoms with E-state index < -0.39 is 17.2 Å². The van der Waals surface area contributed by atoms with Crippen molar-refractivity contribution in [2.24, 2.45) is 4.99 Å². The molecule has 1 aromatic carbocycles. The molecule has 108 valence electrons. The summed E-state index contributed by atoms with van der Waals surface area (Å²) in [6.07, 6.45) is 4.34. The third-order valence-electron chi connectivity index (χ3n) is 3.73. The van der Waals surface area contributed by atoms with E-state index in [-0.39, 0.29) is 11.5 Å². The molecule has 20 heavy (non-hydrogen) atoms. The molecule has 0 amide bonds. The highest BCUT2D eigenvalue weighted by Crippen LogP contribution is 2.49. The van der Waals surface area contributed by atoms with Gasteiger partial charge in [-0.05, 0) is 18.9 Å². The lowest BCUT2D eigenvalue weighted by atomic mass is 9.87. The average Bonchev–Trinajstić information content (AvgIpc) is 2.91. The van der Waals surface area contributed by atoms with Crippen molar-refractivity contribution in [3.05, 3.63) is 23.3 Å². The number of hydrogen-bond donors (Lipinski definition) is 0. The van der Waals surface area contributed by atoms with Crippen LogP contribution in [0.3, 0.4) is 0 Å². The first kappa shape index (κ1) is 14.5. The minimum absolute atomic E-state index is 0.0762. The van der Waals surface area contributed by atoms with E-state index in [0.29, 0.717) is 18.4 Å². The van der Waals surface area contributed by atoms with Gasteiger partial charge in [-0.2, -0.15) is 9.38 Å². The Kier molecular flexibility index (Phi) is 4.04. The summed E-state index contributed by atoms with van der Waals surface area (Å²) >= 11 is 0. The van der Waals surface area contributed by atoms with Gasteiger partial charge in [0.05, 0.1) is 14.2 Å². The van der Waals surface area contributed by atoms with Crippen molar-refractivity contribution in [1.82, 2.24) is 0 Å². The van der Waals surface area contributed by atoms with Gasteiger partial charge < -0.3 is 9.47 Å². The molecule has 1 aliphatic rings. The van der Waals surface area contributed by atoms with Crippen LogP contribution in [0.15, 0.2) is 11.1 Å². The minimum atomic E-state index is -1.11. The molecular weight excluding hydrogens is 268 g/mol. The van der Waals surface area contributed by atoms with Crippen LogP contribution in [0, 0.1) is 11.6 Å². The Morgan fingerprint density at radius 2 is 1.80 bits per heavy atom. The lowest BCUT2D eigenvalue weighted by Gasteiger charge is -2.26. The molecule has 4 nitrogen and oxygen atoms in total. The Labute approximate surface area is 115 Å². The van der Waals surface area contributed by atoms with Crippen molar-refractivity contribution < 1.29 is 23.0 Å². The maximum absolute atomic E-state index is 13.8. The highest BCUT2D eigenvalue weighted by molar-refractivity contribution is 5.53. The summed E-state index contributed by atoms with van der Waals surface area (Å²) in [6.45, 7) is 0. The zero-order chi connectivity index (χ0) is 14.8. The summed E-state index contributed by atoms with van der Waals surface area (Å²) in [7, 11) is 2.57. The summed E-state index contributed by atoms with van der Waals surface area (Å²) in [6, 6.07) is 1.03. The molecule has 1 saturated carbocycles. The van der Waals surface area contributed by atoms with Gasteiger partial charge in [0.2, 0.25) is 11.9 Å². The normalized spacial score (nSPS) is 16.6. The number of ether oxygens (including phenoxy) is 2. The maximum Gasteiger partial charge on any atom is 0.235 e. The Morgan fingerprint density at radius 1 is 1.20 bits per heavy atom. The number of hydrogen-bond acceptors (Lipinski definition) is 4.